The van der Waals surface area contributed by atoms with Gasteiger partial charge in [-0.05, 0) is 50.7 Å². The lowest BCUT2D eigenvalue weighted by atomic mass is 10.0. The highest BCUT2D eigenvalue weighted by Crippen LogP contribution is 2.28. The number of aromatic nitrogens is 3. The molecule has 0 saturated carbocycles. The molecule has 27 heavy (non-hydrogen) atoms. The summed E-state index contributed by atoms with van der Waals surface area (Å²) in [5, 5.41) is 7.78. The molecule has 0 spiro atoms. The summed E-state index contributed by atoms with van der Waals surface area (Å²) in [7, 11) is 4.15. The van der Waals surface area contributed by atoms with Gasteiger partial charge in [-0.25, -0.2) is 4.98 Å². The average molecular weight is 363 g/mol. The van der Waals surface area contributed by atoms with Gasteiger partial charge in [0.05, 0.1) is 23.0 Å². The van der Waals surface area contributed by atoms with Crippen molar-refractivity contribution in [1.29, 1.82) is 0 Å². The second-order valence-corrected chi connectivity index (χ2v) is 7.40. The third kappa shape index (κ3) is 3.32. The van der Waals surface area contributed by atoms with E-state index in [1.54, 1.807) is 12.4 Å². The number of carbonyl (C=O) groups is 1. The predicted octanol–water partition coefficient (Wildman–Crippen LogP) is 2.96. The van der Waals surface area contributed by atoms with Crippen molar-refractivity contribution in [2.24, 2.45) is 0 Å². The Morgan fingerprint density at radius 1 is 1.33 bits per heavy atom. The van der Waals surface area contributed by atoms with E-state index in [1.807, 2.05) is 17.0 Å². The molecule has 1 atom stereocenters. The Balaban J connectivity index is 1.80. The third-order valence-electron chi connectivity index (χ3n) is 5.49. The van der Waals surface area contributed by atoms with Crippen LogP contribution in [0.5, 0.6) is 0 Å². The number of H-pyrrole nitrogens is 1. The van der Waals surface area contributed by atoms with Gasteiger partial charge in [-0.1, -0.05) is 13.0 Å². The largest absolute Gasteiger partial charge is 0.337 e. The number of pyridine rings is 1. The lowest BCUT2D eigenvalue weighted by molar-refractivity contribution is 0.0785. The Morgan fingerprint density at radius 2 is 2.19 bits per heavy atom. The van der Waals surface area contributed by atoms with Gasteiger partial charge in [0, 0.05) is 36.3 Å². The average Bonchev–Trinajstić information content (AvgIpc) is 3.38. The summed E-state index contributed by atoms with van der Waals surface area (Å²) >= 11 is 0. The second kappa shape index (κ2) is 7.12. The van der Waals surface area contributed by atoms with Gasteiger partial charge in [0.15, 0.2) is 0 Å². The summed E-state index contributed by atoms with van der Waals surface area (Å²) in [5.41, 5.74) is 4.44. The maximum atomic E-state index is 13.4. The Hall–Kier alpha value is -2.73. The number of benzene rings is 1. The molecule has 6 heteroatoms. The van der Waals surface area contributed by atoms with Crippen molar-refractivity contribution in [3.05, 3.63) is 47.8 Å². The number of amides is 1. The Morgan fingerprint density at radius 3 is 2.85 bits per heavy atom. The lowest BCUT2D eigenvalue weighted by Gasteiger charge is -2.21. The molecule has 1 aliphatic heterocycles. The van der Waals surface area contributed by atoms with Gasteiger partial charge in [-0.15, -0.1) is 0 Å². The number of likely N-dealkylation sites (N-methyl/N-ethyl adjacent to an activating group) is 1. The van der Waals surface area contributed by atoms with Crippen molar-refractivity contribution in [2.75, 3.05) is 27.2 Å². The molecule has 140 valence electrons. The van der Waals surface area contributed by atoms with Crippen LogP contribution in [0.15, 0.2) is 36.7 Å². The minimum Gasteiger partial charge on any atom is -0.337 e. The molecular weight excluding hydrogens is 338 g/mol. The van der Waals surface area contributed by atoms with Crippen LogP contribution in [-0.4, -0.2) is 64.1 Å². The fourth-order valence-corrected chi connectivity index (χ4v) is 3.73. The van der Waals surface area contributed by atoms with Gasteiger partial charge in [0.1, 0.15) is 0 Å². The molecule has 1 N–H and O–H groups in total. The minimum absolute atomic E-state index is 0.0877. The summed E-state index contributed by atoms with van der Waals surface area (Å²) in [6.45, 7) is 3.68. The summed E-state index contributed by atoms with van der Waals surface area (Å²) in [4.78, 5) is 22.3. The predicted molar refractivity (Wildman–Crippen MR) is 107 cm³/mol. The molecule has 6 nitrogen and oxygen atoms in total. The first-order chi connectivity index (χ1) is 13.1. The maximum absolute atomic E-state index is 13.4. The van der Waals surface area contributed by atoms with Crippen LogP contribution in [0.3, 0.4) is 0 Å². The van der Waals surface area contributed by atoms with Gasteiger partial charge in [0.2, 0.25) is 0 Å². The quantitative estimate of drug-likeness (QED) is 0.774. The number of likely N-dealkylation sites (tertiary alicyclic amines) is 1. The Labute approximate surface area is 159 Å². The fraction of sp³-hybridized carbons (Fsp3) is 0.381. The van der Waals surface area contributed by atoms with Gasteiger partial charge in [-0.3, -0.25) is 9.89 Å². The minimum atomic E-state index is 0.0877. The summed E-state index contributed by atoms with van der Waals surface area (Å²) in [6, 6.07) is 8.54. The van der Waals surface area contributed by atoms with E-state index in [4.69, 9.17) is 4.98 Å². The van der Waals surface area contributed by atoms with Crippen LogP contribution in [0.25, 0.3) is 22.2 Å². The number of fused-ring (bicyclic) bond motifs is 1. The SMILES string of the molecule is CCc1ccc2nc(-c3cn[nH]c3)cc(C(=O)N3CC[C@H](N(C)C)C3)c2c1. The zero-order valence-electron chi connectivity index (χ0n) is 16.1. The standard InChI is InChI=1S/C21H25N5O/c1-4-14-5-6-19-17(9-14)18(10-20(24-19)15-11-22-23-12-15)21(27)26-8-7-16(13-26)25(2)3/h5-6,9-12,16H,4,7-8,13H2,1-3H3,(H,22,23)/t16-/m0/s1. The van der Waals surface area contributed by atoms with Crippen molar-refractivity contribution >= 4 is 16.8 Å². The highest BCUT2D eigenvalue weighted by atomic mass is 16.2. The van der Waals surface area contributed by atoms with Gasteiger partial charge < -0.3 is 9.80 Å². The van der Waals surface area contributed by atoms with E-state index in [9.17, 15) is 4.79 Å². The normalized spacial score (nSPS) is 17.2. The van der Waals surface area contributed by atoms with Gasteiger partial charge in [0.25, 0.3) is 5.91 Å². The number of carbonyl (C=O) groups excluding carboxylic acids is 1. The van der Waals surface area contributed by atoms with Gasteiger partial charge in [-0.2, -0.15) is 5.10 Å². The number of aryl methyl sites for hydroxylation is 1. The molecule has 2 aromatic heterocycles. The molecule has 4 rings (SSSR count). The molecule has 0 radical (unpaired) electrons. The lowest BCUT2D eigenvalue weighted by Crippen LogP contribution is -2.34. The van der Waals surface area contributed by atoms with Crippen LogP contribution in [0.2, 0.25) is 0 Å². The van der Waals surface area contributed by atoms with Crippen LogP contribution >= 0.6 is 0 Å². The topological polar surface area (TPSA) is 65.1 Å². The second-order valence-electron chi connectivity index (χ2n) is 7.40. The molecule has 1 fully saturated rings. The molecule has 3 aromatic rings. The Kier molecular flexibility index (Phi) is 4.66. The zero-order valence-corrected chi connectivity index (χ0v) is 16.1. The highest BCUT2D eigenvalue weighted by Gasteiger charge is 2.29. The first-order valence-corrected chi connectivity index (χ1v) is 9.45. The molecule has 0 aliphatic carbocycles. The van der Waals surface area contributed by atoms with E-state index in [0.717, 1.165) is 53.7 Å². The van der Waals surface area contributed by atoms with Crippen molar-refractivity contribution < 1.29 is 4.79 Å². The molecule has 1 amide bonds. The monoisotopic (exact) mass is 363 g/mol. The van der Waals surface area contributed by atoms with Crippen molar-refractivity contribution in [3.63, 3.8) is 0 Å². The van der Waals surface area contributed by atoms with Crippen LogP contribution in [0.1, 0.15) is 29.3 Å². The highest BCUT2D eigenvalue weighted by molar-refractivity contribution is 6.07. The summed E-state index contributed by atoms with van der Waals surface area (Å²) in [5.74, 6) is 0.0877. The summed E-state index contributed by atoms with van der Waals surface area (Å²) in [6.07, 6.45) is 5.48. The maximum Gasteiger partial charge on any atom is 0.254 e. The van der Waals surface area contributed by atoms with E-state index >= 15 is 0 Å². The molecule has 0 bridgehead atoms. The number of hydrogen-bond donors (Lipinski definition) is 1. The molecular formula is C21H25N5O. The number of hydrogen-bond acceptors (Lipinski definition) is 4. The first-order valence-electron chi connectivity index (χ1n) is 9.45. The third-order valence-corrected chi connectivity index (χ3v) is 5.49. The van der Waals surface area contributed by atoms with Crippen LogP contribution in [0.4, 0.5) is 0 Å². The van der Waals surface area contributed by atoms with Crippen LogP contribution < -0.4 is 0 Å². The smallest absolute Gasteiger partial charge is 0.254 e. The van der Waals surface area contributed by atoms with E-state index in [2.05, 4.69) is 48.2 Å². The van der Waals surface area contributed by atoms with E-state index < -0.39 is 0 Å². The van der Waals surface area contributed by atoms with Crippen molar-refractivity contribution in [1.82, 2.24) is 25.0 Å². The zero-order chi connectivity index (χ0) is 19.0. The first kappa shape index (κ1) is 17.7. The van der Waals surface area contributed by atoms with Crippen LogP contribution in [-0.2, 0) is 6.42 Å². The fourth-order valence-electron chi connectivity index (χ4n) is 3.73. The summed E-state index contributed by atoms with van der Waals surface area (Å²) < 4.78 is 0. The number of aromatic amines is 1. The molecule has 1 aliphatic rings. The molecule has 1 aromatic carbocycles. The molecule has 3 heterocycles. The number of nitrogens with one attached hydrogen (secondary N) is 1. The van der Waals surface area contributed by atoms with E-state index in [-0.39, 0.29) is 5.91 Å². The molecule has 1 saturated heterocycles. The Bertz CT molecular complexity index is 964. The molecule has 0 unspecified atom stereocenters. The van der Waals surface area contributed by atoms with E-state index in [1.165, 1.54) is 5.56 Å². The van der Waals surface area contributed by atoms with Gasteiger partial charge >= 0.3 is 0 Å². The van der Waals surface area contributed by atoms with Crippen molar-refractivity contribution in [2.45, 2.75) is 25.8 Å². The van der Waals surface area contributed by atoms with Crippen molar-refractivity contribution in [3.8, 4) is 11.3 Å². The number of rotatable bonds is 4. The number of nitrogens with zero attached hydrogens (tertiary/aromatic N) is 4. The van der Waals surface area contributed by atoms with E-state index in [0.29, 0.717) is 6.04 Å². The van der Waals surface area contributed by atoms with Crippen LogP contribution in [0, 0.1) is 0 Å².